The minimum atomic E-state index is -3.74. The number of halogens is 1. The molecule has 0 spiro atoms. The summed E-state index contributed by atoms with van der Waals surface area (Å²) in [5.74, 6) is -1.56. The Bertz CT molecular complexity index is 885. The molecule has 1 aromatic carbocycles. The Kier molecular flexibility index (Phi) is 5.84. The summed E-state index contributed by atoms with van der Waals surface area (Å²) in [6, 6.07) is 2.71. The first kappa shape index (κ1) is 18.7. The van der Waals surface area contributed by atoms with E-state index >= 15 is 0 Å². The van der Waals surface area contributed by atoms with Crippen molar-refractivity contribution in [2.24, 2.45) is 0 Å². The number of sulfone groups is 1. The van der Waals surface area contributed by atoms with Crippen LogP contribution < -0.4 is 0 Å². The van der Waals surface area contributed by atoms with Gasteiger partial charge in [-0.05, 0) is 19.1 Å². The van der Waals surface area contributed by atoms with Gasteiger partial charge in [-0.3, -0.25) is 4.79 Å². The molecule has 0 saturated carbocycles. The van der Waals surface area contributed by atoms with Crippen molar-refractivity contribution in [2.75, 3.05) is 19.5 Å². The molecule has 2 rings (SSSR count). The highest BCUT2D eigenvalue weighted by molar-refractivity contribution is 7.91. The quantitative estimate of drug-likeness (QED) is 0.704. The fourth-order valence-electron chi connectivity index (χ4n) is 2.05. The van der Waals surface area contributed by atoms with Crippen LogP contribution in [0.5, 0.6) is 0 Å². The first-order valence-corrected chi connectivity index (χ1v) is 9.88. The average Bonchev–Trinajstić information content (AvgIpc) is 2.97. The lowest BCUT2D eigenvalue weighted by atomic mass is 10.2. The maximum Gasteiger partial charge on any atom is 0.339 e. The van der Waals surface area contributed by atoms with Crippen molar-refractivity contribution in [1.29, 1.82) is 0 Å². The first-order chi connectivity index (χ1) is 11.3. The highest BCUT2D eigenvalue weighted by atomic mass is 35.5. The molecule has 0 N–H and O–H groups in total. The Morgan fingerprint density at radius 1 is 1.29 bits per heavy atom. The fourth-order valence-corrected chi connectivity index (χ4v) is 4.66. The number of hydrogen-bond acceptors (Lipinski definition) is 7. The van der Waals surface area contributed by atoms with E-state index in [2.05, 4.69) is 4.74 Å². The second kappa shape index (κ2) is 7.50. The molecule has 9 heteroatoms. The summed E-state index contributed by atoms with van der Waals surface area (Å²) in [5.41, 5.74) is 0.267. The van der Waals surface area contributed by atoms with Crippen LogP contribution in [0.2, 0.25) is 5.02 Å². The van der Waals surface area contributed by atoms with Crippen LogP contribution in [0, 0.1) is 0 Å². The molecule has 0 fully saturated rings. The molecule has 0 radical (unpaired) electrons. The van der Waals surface area contributed by atoms with Gasteiger partial charge in [-0.15, -0.1) is 11.3 Å². The molecule has 1 heterocycles. The average molecular weight is 391 g/mol. The number of rotatable bonds is 6. The van der Waals surface area contributed by atoms with E-state index in [9.17, 15) is 18.0 Å². The van der Waals surface area contributed by atoms with Crippen molar-refractivity contribution in [3.63, 3.8) is 0 Å². The van der Waals surface area contributed by atoms with Gasteiger partial charge in [0.05, 0.1) is 46.1 Å². The van der Waals surface area contributed by atoms with Gasteiger partial charge in [-0.2, -0.15) is 0 Å². The summed E-state index contributed by atoms with van der Waals surface area (Å²) in [6.45, 7) is 1.89. The van der Waals surface area contributed by atoms with Crippen molar-refractivity contribution in [1.82, 2.24) is 0 Å². The Balaban J connectivity index is 2.47. The molecule has 1 aromatic heterocycles. The third-order valence-electron chi connectivity index (χ3n) is 3.26. The minimum absolute atomic E-state index is 0.0483. The predicted molar refractivity (Wildman–Crippen MR) is 91.5 cm³/mol. The smallest absolute Gasteiger partial charge is 0.339 e. The highest BCUT2D eigenvalue weighted by Gasteiger charge is 2.22. The van der Waals surface area contributed by atoms with E-state index < -0.39 is 27.5 Å². The molecule has 2 aromatic rings. The molecule has 130 valence electrons. The summed E-state index contributed by atoms with van der Waals surface area (Å²) < 4.78 is 34.8. The number of carbonyl (C=O) groups excluding carboxylic acids is 2. The van der Waals surface area contributed by atoms with Crippen LogP contribution in [0.25, 0.3) is 10.1 Å². The van der Waals surface area contributed by atoms with E-state index in [1.807, 2.05) is 0 Å². The topological polar surface area (TPSA) is 86.7 Å². The molecule has 0 aliphatic heterocycles. The molecule has 0 saturated heterocycles. The van der Waals surface area contributed by atoms with Gasteiger partial charge >= 0.3 is 11.9 Å². The number of benzene rings is 1. The van der Waals surface area contributed by atoms with Crippen molar-refractivity contribution in [2.45, 2.75) is 18.2 Å². The standard InChI is InChI=1S/C15H15ClO6S2/c1-3-22-15(18)11-8-23-14-10(11)6-9(7-12(14)16)24(19,20)5-4-13(17)21-2/h6-8H,3-5H2,1-2H3. The van der Waals surface area contributed by atoms with E-state index in [1.165, 1.54) is 30.6 Å². The third-order valence-corrected chi connectivity index (χ3v) is 6.39. The van der Waals surface area contributed by atoms with E-state index in [0.29, 0.717) is 10.1 Å². The van der Waals surface area contributed by atoms with Crippen LogP contribution in [-0.4, -0.2) is 39.8 Å². The van der Waals surface area contributed by atoms with Crippen molar-refractivity contribution >= 4 is 54.8 Å². The predicted octanol–water partition coefficient (Wildman–Crippen LogP) is 3.07. The maximum absolute atomic E-state index is 12.4. The van der Waals surface area contributed by atoms with E-state index in [1.54, 1.807) is 12.3 Å². The van der Waals surface area contributed by atoms with Gasteiger partial charge in [-0.1, -0.05) is 11.6 Å². The van der Waals surface area contributed by atoms with Crippen LogP contribution in [0.3, 0.4) is 0 Å². The van der Waals surface area contributed by atoms with Crippen LogP contribution >= 0.6 is 22.9 Å². The molecule has 0 aliphatic rings. The van der Waals surface area contributed by atoms with Crippen LogP contribution in [0.1, 0.15) is 23.7 Å². The number of esters is 2. The van der Waals surface area contributed by atoms with Gasteiger partial charge in [0, 0.05) is 10.8 Å². The van der Waals surface area contributed by atoms with Crippen LogP contribution in [0.15, 0.2) is 22.4 Å². The van der Waals surface area contributed by atoms with Crippen molar-refractivity contribution < 1.29 is 27.5 Å². The Morgan fingerprint density at radius 3 is 2.62 bits per heavy atom. The summed E-state index contributed by atoms with van der Waals surface area (Å²) in [6.07, 6.45) is -0.261. The minimum Gasteiger partial charge on any atom is -0.469 e. The SMILES string of the molecule is CCOC(=O)c1csc2c(Cl)cc(S(=O)(=O)CCC(=O)OC)cc12. The molecule has 0 atom stereocenters. The Labute approximate surface area is 148 Å². The summed E-state index contributed by atoms with van der Waals surface area (Å²) >= 11 is 7.39. The number of methoxy groups -OCH3 is 1. The van der Waals surface area contributed by atoms with Gasteiger partial charge in [0.1, 0.15) is 0 Å². The van der Waals surface area contributed by atoms with E-state index in [0.717, 1.165) is 0 Å². The Morgan fingerprint density at radius 2 is 2.00 bits per heavy atom. The molecule has 0 aliphatic carbocycles. The largest absolute Gasteiger partial charge is 0.469 e. The van der Waals surface area contributed by atoms with Gasteiger partial charge < -0.3 is 9.47 Å². The second-order valence-corrected chi connectivity index (χ2v) is 8.19. The molecule has 0 bridgehead atoms. The van der Waals surface area contributed by atoms with E-state index in [4.69, 9.17) is 16.3 Å². The zero-order valence-electron chi connectivity index (χ0n) is 13.0. The molecule has 6 nitrogen and oxygen atoms in total. The van der Waals surface area contributed by atoms with E-state index in [-0.39, 0.29) is 28.5 Å². The molecular weight excluding hydrogens is 376 g/mol. The molecule has 24 heavy (non-hydrogen) atoms. The third kappa shape index (κ3) is 3.88. The Hall–Kier alpha value is -1.64. The number of thiophene rings is 1. The number of carbonyl (C=O) groups is 2. The lowest BCUT2D eigenvalue weighted by Gasteiger charge is -2.06. The second-order valence-electron chi connectivity index (χ2n) is 4.80. The van der Waals surface area contributed by atoms with Gasteiger partial charge in [0.25, 0.3) is 0 Å². The number of hydrogen-bond donors (Lipinski definition) is 0. The monoisotopic (exact) mass is 390 g/mol. The molecule has 0 amide bonds. The van der Waals surface area contributed by atoms with Crippen molar-refractivity contribution in [3.8, 4) is 0 Å². The number of fused-ring (bicyclic) bond motifs is 1. The molecule has 0 unspecified atom stereocenters. The molecular formula is C15H15ClO6S2. The van der Waals surface area contributed by atoms with Crippen LogP contribution in [-0.2, 0) is 24.1 Å². The normalized spacial score (nSPS) is 11.5. The van der Waals surface area contributed by atoms with Crippen LogP contribution in [0.4, 0.5) is 0 Å². The summed E-state index contributed by atoms with van der Waals surface area (Å²) in [7, 11) is -2.56. The lowest BCUT2D eigenvalue weighted by Crippen LogP contribution is -2.12. The lowest BCUT2D eigenvalue weighted by molar-refractivity contribution is -0.140. The van der Waals surface area contributed by atoms with Gasteiger partial charge in [-0.25, -0.2) is 13.2 Å². The van der Waals surface area contributed by atoms with Crippen molar-refractivity contribution in [3.05, 3.63) is 28.1 Å². The maximum atomic E-state index is 12.4. The first-order valence-electron chi connectivity index (χ1n) is 6.97. The van der Waals surface area contributed by atoms with Gasteiger partial charge in [0.2, 0.25) is 0 Å². The highest BCUT2D eigenvalue weighted by Crippen LogP contribution is 2.35. The zero-order chi connectivity index (χ0) is 17.9. The fraction of sp³-hybridized carbons (Fsp3) is 0.333. The van der Waals surface area contributed by atoms with Gasteiger partial charge in [0.15, 0.2) is 9.84 Å². The summed E-state index contributed by atoms with van der Waals surface area (Å²) in [4.78, 5) is 23.1. The zero-order valence-corrected chi connectivity index (χ0v) is 15.4. The summed E-state index contributed by atoms with van der Waals surface area (Å²) in [5, 5.41) is 2.23. The number of ether oxygens (including phenoxy) is 2.